The van der Waals surface area contributed by atoms with Gasteiger partial charge in [-0.2, -0.15) is 11.5 Å². The summed E-state index contributed by atoms with van der Waals surface area (Å²) in [4.78, 5) is 2.99. The predicted molar refractivity (Wildman–Crippen MR) is 114 cm³/mol. The topological polar surface area (TPSA) is 15.8 Å². The summed E-state index contributed by atoms with van der Waals surface area (Å²) < 4.78 is 0. The van der Waals surface area contributed by atoms with Crippen LogP contribution in [0.2, 0.25) is 0 Å². The number of H-pyrrole nitrogens is 1. The SMILES string of the molecule is [Zr].[c-]1cc2ccccc2[nH]1.c1ccc2c(c1)CCC2.c1ccc2c(c1)CCC2. The Morgan fingerprint density at radius 2 is 1.00 bits per heavy atom. The summed E-state index contributed by atoms with van der Waals surface area (Å²) >= 11 is 0. The van der Waals surface area contributed by atoms with Gasteiger partial charge >= 0.3 is 0 Å². The predicted octanol–water partition coefficient (Wildman–Crippen LogP) is 6.32. The van der Waals surface area contributed by atoms with Gasteiger partial charge < -0.3 is 4.98 Å². The van der Waals surface area contributed by atoms with Gasteiger partial charge in [-0.05, 0) is 60.8 Å². The molecule has 0 amide bonds. The zero-order chi connectivity index (χ0) is 18.3. The first-order chi connectivity index (χ1) is 13.4. The van der Waals surface area contributed by atoms with Crippen molar-refractivity contribution in [2.24, 2.45) is 0 Å². The number of aromatic nitrogens is 1. The molecule has 140 valence electrons. The van der Waals surface area contributed by atoms with Crippen LogP contribution in [-0.2, 0) is 51.9 Å². The summed E-state index contributed by atoms with van der Waals surface area (Å²) in [5.74, 6) is 0. The minimum atomic E-state index is 0. The van der Waals surface area contributed by atoms with Crippen molar-refractivity contribution >= 4 is 10.9 Å². The van der Waals surface area contributed by atoms with Crippen molar-refractivity contribution in [2.45, 2.75) is 38.5 Å². The van der Waals surface area contributed by atoms with E-state index in [1.165, 1.54) is 43.9 Å². The van der Waals surface area contributed by atoms with E-state index in [4.69, 9.17) is 0 Å². The Morgan fingerprint density at radius 3 is 1.46 bits per heavy atom. The molecule has 1 nitrogen and oxygen atoms in total. The molecule has 3 aromatic carbocycles. The maximum Gasteiger partial charge on any atom is 0 e. The van der Waals surface area contributed by atoms with E-state index in [1.807, 2.05) is 24.3 Å². The third-order valence-corrected chi connectivity index (χ3v) is 5.42. The number of nitrogens with one attached hydrogen (secondary N) is 1. The molecule has 0 saturated heterocycles. The van der Waals surface area contributed by atoms with E-state index in [9.17, 15) is 0 Å². The number of benzene rings is 3. The molecule has 1 heterocycles. The summed E-state index contributed by atoms with van der Waals surface area (Å²) in [6.07, 6.45) is 10.8. The van der Waals surface area contributed by atoms with Crippen molar-refractivity contribution in [3.63, 3.8) is 0 Å². The number of rotatable bonds is 0. The van der Waals surface area contributed by atoms with E-state index in [0.29, 0.717) is 0 Å². The molecule has 0 fully saturated rings. The van der Waals surface area contributed by atoms with Crippen LogP contribution in [0.3, 0.4) is 0 Å². The van der Waals surface area contributed by atoms with Crippen LogP contribution in [0.25, 0.3) is 10.9 Å². The van der Waals surface area contributed by atoms with Gasteiger partial charge in [-0.1, -0.05) is 60.7 Å². The van der Waals surface area contributed by atoms with E-state index in [2.05, 4.69) is 65.8 Å². The molecule has 0 spiro atoms. The van der Waals surface area contributed by atoms with Gasteiger partial charge in [0.2, 0.25) is 0 Å². The van der Waals surface area contributed by atoms with Crippen LogP contribution in [0.15, 0.2) is 78.9 Å². The van der Waals surface area contributed by atoms with Crippen molar-refractivity contribution < 1.29 is 26.2 Å². The average Bonchev–Trinajstić information content (AvgIpc) is 3.48. The summed E-state index contributed by atoms with van der Waals surface area (Å²) in [5, 5.41) is 1.22. The van der Waals surface area contributed by atoms with E-state index in [1.54, 1.807) is 22.3 Å². The van der Waals surface area contributed by atoms with E-state index < -0.39 is 0 Å². The van der Waals surface area contributed by atoms with Gasteiger partial charge in [0.05, 0.1) is 0 Å². The molecule has 2 heteroatoms. The Labute approximate surface area is 187 Å². The number of aryl methyl sites for hydroxylation is 4. The Morgan fingerprint density at radius 1 is 0.571 bits per heavy atom. The Bertz CT molecular complexity index is 876. The van der Waals surface area contributed by atoms with Crippen molar-refractivity contribution in [1.82, 2.24) is 4.98 Å². The molecule has 0 bridgehead atoms. The average molecular weight is 444 g/mol. The van der Waals surface area contributed by atoms with Gasteiger partial charge in [0.15, 0.2) is 0 Å². The molecule has 0 atom stereocenters. The van der Waals surface area contributed by atoms with Gasteiger partial charge in [0, 0.05) is 26.2 Å². The molecule has 0 saturated carbocycles. The number of hydrogen-bond donors (Lipinski definition) is 1. The molecule has 28 heavy (non-hydrogen) atoms. The fourth-order valence-corrected chi connectivity index (χ4v) is 3.96. The molecule has 1 aromatic heterocycles. The summed E-state index contributed by atoms with van der Waals surface area (Å²) in [7, 11) is 0. The third kappa shape index (κ3) is 5.33. The van der Waals surface area contributed by atoms with Gasteiger partial charge in [0.25, 0.3) is 0 Å². The smallest absolute Gasteiger partial charge is 0 e. The minimum absolute atomic E-state index is 0. The maximum atomic E-state index is 2.99. The first-order valence-corrected chi connectivity index (χ1v) is 9.97. The molecular weight excluding hydrogens is 418 g/mol. The molecule has 0 radical (unpaired) electrons. The summed E-state index contributed by atoms with van der Waals surface area (Å²) in [6.45, 7) is 0. The second-order valence-electron chi connectivity index (χ2n) is 7.25. The minimum Gasteiger partial charge on any atom is -0.477 e. The number of para-hydroxylation sites is 1. The quantitative estimate of drug-likeness (QED) is 0.306. The maximum absolute atomic E-state index is 2.99. The summed E-state index contributed by atoms with van der Waals surface area (Å²) in [6, 6.07) is 27.5. The summed E-state index contributed by atoms with van der Waals surface area (Å²) in [5.41, 5.74) is 7.42. The molecule has 0 aliphatic heterocycles. The number of fused-ring (bicyclic) bond motifs is 3. The first kappa shape index (κ1) is 20.8. The Hall–Kier alpha value is -1.92. The van der Waals surface area contributed by atoms with E-state index >= 15 is 0 Å². The third-order valence-electron chi connectivity index (χ3n) is 5.42. The molecular formula is C26H26NZr-. The molecule has 0 unspecified atom stereocenters. The van der Waals surface area contributed by atoms with Crippen LogP contribution in [0.1, 0.15) is 35.1 Å². The first-order valence-electron chi connectivity index (χ1n) is 9.97. The van der Waals surface area contributed by atoms with Crippen LogP contribution in [0, 0.1) is 6.20 Å². The van der Waals surface area contributed by atoms with Gasteiger partial charge in [-0.25, -0.2) is 0 Å². The normalized spacial score (nSPS) is 13.3. The van der Waals surface area contributed by atoms with Gasteiger partial charge in [-0.3, -0.25) is 0 Å². The zero-order valence-electron chi connectivity index (χ0n) is 16.2. The second-order valence-corrected chi connectivity index (χ2v) is 7.25. The van der Waals surface area contributed by atoms with E-state index in [-0.39, 0.29) is 26.2 Å². The van der Waals surface area contributed by atoms with Crippen LogP contribution < -0.4 is 0 Å². The van der Waals surface area contributed by atoms with Crippen LogP contribution >= 0.6 is 0 Å². The fourth-order valence-electron chi connectivity index (χ4n) is 3.96. The van der Waals surface area contributed by atoms with Crippen LogP contribution in [0.5, 0.6) is 0 Å². The Kier molecular flexibility index (Phi) is 7.86. The monoisotopic (exact) mass is 442 g/mol. The fraction of sp³-hybridized carbons (Fsp3) is 0.231. The largest absolute Gasteiger partial charge is 0.477 e. The number of hydrogen-bond acceptors (Lipinski definition) is 0. The van der Waals surface area contributed by atoms with Gasteiger partial charge in [0.1, 0.15) is 0 Å². The molecule has 2 aliphatic rings. The van der Waals surface area contributed by atoms with Crippen molar-refractivity contribution in [3.05, 3.63) is 107 Å². The second kappa shape index (κ2) is 10.6. The van der Waals surface area contributed by atoms with E-state index in [0.717, 1.165) is 5.52 Å². The molecule has 2 aliphatic carbocycles. The van der Waals surface area contributed by atoms with Crippen LogP contribution in [0.4, 0.5) is 0 Å². The molecule has 4 aromatic rings. The zero-order valence-corrected chi connectivity index (χ0v) is 18.7. The van der Waals surface area contributed by atoms with Gasteiger partial charge in [-0.15, -0.1) is 23.8 Å². The van der Waals surface area contributed by atoms with Crippen molar-refractivity contribution in [3.8, 4) is 0 Å². The Balaban J connectivity index is 0.000000118. The van der Waals surface area contributed by atoms with Crippen molar-refractivity contribution in [1.29, 1.82) is 0 Å². The van der Waals surface area contributed by atoms with Crippen LogP contribution in [-0.4, -0.2) is 4.98 Å². The standard InChI is InChI=1S/2C9H10.C8H6N.Zr/c2*1-2-5-9-7-3-6-8(9)4-1;1-2-4-8-7(3-1)5-6-9-8;/h2*1-2,4-5H,3,6-7H2;1-5,9H;/q;;-1;. The molecule has 1 N–H and O–H groups in total. The number of aromatic amines is 1. The molecule has 6 rings (SSSR count). The van der Waals surface area contributed by atoms with Crippen molar-refractivity contribution in [2.75, 3.05) is 0 Å².